The second kappa shape index (κ2) is 12.0. The molecule has 18 heavy (non-hydrogen) atoms. The first kappa shape index (κ1) is 17.9. The summed E-state index contributed by atoms with van der Waals surface area (Å²) < 4.78 is 5.69. The second-order valence-corrected chi connectivity index (χ2v) is 6.22. The van der Waals surface area contributed by atoms with Crippen LogP contribution in [0.25, 0.3) is 0 Å². The summed E-state index contributed by atoms with van der Waals surface area (Å²) in [5, 5.41) is 8.65. The summed E-state index contributed by atoms with van der Waals surface area (Å²) in [6, 6.07) is 0. The van der Waals surface area contributed by atoms with Crippen LogP contribution in [0.2, 0.25) is 0 Å². The lowest BCUT2D eigenvalue weighted by atomic mass is 10.1. The van der Waals surface area contributed by atoms with Crippen LogP contribution in [0, 0.1) is 0 Å². The number of rotatable bonds is 12. The van der Waals surface area contributed by atoms with E-state index in [1.807, 2.05) is 0 Å². The van der Waals surface area contributed by atoms with E-state index in [9.17, 15) is 0 Å². The molecule has 0 rings (SSSR count). The van der Waals surface area contributed by atoms with Crippen LogP contribution in [0.1, 0.15) is 85.0 Å². The van der Waals surface area contributed by atoms with Gasteiger partial charge in [0, 0.05) is 13.2 Å². The Morgan fingerprint density at radius 2 is 1.06 bits per heavy atom. The number of aliphatic hydroxyl groups is 1. The fourth-order valence-electron chi connectivity index (χ4n) is 2.01. The van der Waals surface area contributed by atoms with Crippen LogP contribution >= 0.6 is 0 Å². The Bertz CT molecular complexity index is 161. The summed E-state index contributed by atoms with van der Waals surface area (Å²) in [5.74, 6) is 0. The van der Waals surface area contributed by atoms with Gasteiger partial charge in [-0.25, -0.2) is 0 Å². The molecule has 2 nitrogen and oxygen atoms in total. The molecule has 0 bridgehead atoms. The van der Waals surface area contributed by atoms with Gasteiger partial charge in [-0.1, -0.05) is 51.4 Å². The minimum Gasteiger partial charge on any atom is -0.396 e. The Kier molecular flexibility index (Phi) is 11.9. The lowest BCUT2D eigenvalue weighted by Crippen LogP contribution is -2.19. The molecule has 0 radical (unpaired) electrons. The molecule has 2 heteroatoms. The van der Waals surface area contributed by atoms with Gasteiger partial charge in [-0.3, -0.25) is 0 Å². The van der Waals surface area contributed by atoms with Gasteiger partial charge in [0.15, 0.2) is 0 Å². The molecule has 0 aromatic heterocycles. The maximum atomic E-state index is 8.65. The molecule has 110 valence electrons. The highest BCUT2D eigenvalue weighted by Gasteiger charge is 2.08. The molecular weight excluding hydrogens is 224 g/mol. The molecule has 0 atom stereocenters. The SMILES string of the molecule is CC(C)(C)OCCCCCCCCCCCCO. The summed E-state index contributed by atoms with van der Waals surface area (Å²) in [5.41, 5.74) is 0.0224. The first-order valence-corrected chi connectivity index (χ1v) is 7.81. The van der Waals surface area contributed by atoms with Crippen LogP contribution in [-0.4, -0.2) is 23.9 Å². The molecule has 0 aromatic carbocycles. The molecule has 0 saturated carbocycles. The summed E-state index contributed by atoms with van der Waals surface area (Å²) in [6.07, 6.45) is 12.8. The lowest BCUT2D eigenvalue weighted by Gasteiger charge is -2.19. The van der Waals surface area contributed by atoms with Gasteiger partial charge in [0.25, 0.3) is 0 Å². The highest BCUT2D eigenvalue weighted by Crippen LogP contribution is 2.12. The number of hydrogen-bond donors (Lipinski definition) is 1. The molecule has 0 aliphatic heterocycles. The van der Waals surface area contributed by atoms with Crippen molar-refractivity contribution in [2.45, 2.75) is 90.6 Å². The second-order valence-electron chi connectivity index (χ2n) is 6.22. The van der Waals surface area contributed by atoms with Crippen LogP contribution < -0.4 is 0 Å². The number of aliphatic hydroxyl groups excluding tert-OH is 1. The van der Waals surface area contributed by atoms with Crippen molar-refractivity contribution in [1.82, 2.24) is 0 Å². The zero-order valence-corrected chi connectivity index (χ0v) is 12.8. The van der Waals surface area contributed by atoms with Crippen molar-refractivity contribution in [3.8, 4) is 0 Å². The van der Waals surface area contributed by atoms with E-state index in [0.717, 1.165) is 13.0 Å². The van der Waals surface area contributed by atoms with Crippen LogP contribution in [0.15, 0.2) is 0 Å². The minimum atomic E-state index is 0.0224. The molecule has 0 saturated heterocycles. The summed E-state index contributed by atoms with van der Waals surface area (Å²) in [7, 11) is 0. The van der Waals surface area contributed by atoms with Gasteiger partial charge >= 0.3 is 0 Å². The van der Waals surface area contributed by atoms with Crippen LogP contribution in [0.5, 0.6) is 0 Å². The van der Waals surface area contributed by atoms with Gasteiger partial charge in [0.1, 0.15) is 0 Å². The third-order valence-corrected chi connectivity index (χ3v) is 3.09. The lowest BCUT2D eigenvalue weighted by molar-refractivity contribution is -0.00475. The summed E-state index contributed by atoms with van der Waals surface area (Å²) >= 11 is 0. The molecular formula is C16H34O2. The molecule has 0 aliphatic carbocycles. The Balaban J connectivity index is 2.99. The monoisotopic (exact) mass is 258 g/mol. The van der Waals surface area contributed by atoms with E-state index in [1.165, 1.54) is 57.8 Å². The smallest absolute Gasteiger partial charge is 0.0598 e. The first-order valence-electron chi connectivity index (χ1n) is 7.81. The predicted molar refractivity (Wildman–Crippen MR) is 79.0 cm³/mol. The van der Waals surface area contributed by atoms with Crippen LogP contribution in [0.4, 0.5) is 0 Å². The van der Waals surface area contributed by atoms with Crippen molar-refractivity contribution >= 4 is 0 Å². The first-order chi connectivity index (χ1) is 8.56. The van der Waals surface area contributed by atoms with Crippen LogP contribution in [0.3, 0.4) is 0 Å². The van der Waals surface area contributed by atoms with Crippen molar-refractivity contribution in [1.29, 1.82) is 0 Å². The van der Waals surface area contributed by atoms with Gasteiger partial charge < -0.3 is 9.84 Å². The Hall–Kier alpha value is -0.0800. The quantitative estimate of drug-likeness (QED) is 0.514. The van der Waals surface area contributed by atoms with Crippen LogP contribution in [-0.2, 0) is 4.74 Å². The highest BCUT2D eigenvalue weighted by atomic mass is 16.5. The Labute approximate surface area is 114 Å². The van der Waals surface area contributed by atoms with E-state index < -0.39 is 0 Å². The normalized spacial score (nSPS) is 12.0. The number of ether oxygens (including phenoxy) is 1. The molecule has 0 heterocycles. The molecule has 1 N–H and O–H groups in total. The van der Waals surface area contributed by atoms with Crippen molar-refractivity contribution in [3.63, 3.8) is 0 Å². The van der Waals surface area contributed by atoms with Gasteiger partial charge in [0.2, 0.25) is 0 Å². The highest BCUT2D eigenvalue weighted by molar-refractivity contribution is 4.58. The number of unbranched alkanes of at least 4 members (excludes halogenated alkanes) is 9. The number of hydrogen-bond acceptors (Lipinski definition) is 2. The standard InChI is InChI=1S/C16H34O2/c1-16(2,3)18-15-13-11-9-7-5-4-6-8-10-12-14-17/h17H,4-15H2,1-3H3. The average molecular weight is 258 g/mol. The average Bonchev–Trinajstić information content (AvgIpc) is 2.29. The topological polar surface area (TPSA) is 29.5 Å². The zero-order chi connectivity index (χ0) is 13.7. The maximum Gasteiger partial charge on any atom is 0.0598 e. The fraction of sp³-hybridized carbons (Fsp3) is 1.00. The van der Waals surface area contributed by atoms with E-state index in [2.05, 4.69) is 20.8 Å². The largest absolute Gasteiger partial charge is 0.396 e. The van der Waals surface area contributed by atoms with Crippen molar-refractivity contribution in [2.24, 2.45) is 0 Å². The third kappa shape index (κ3) is 15.9. The molecule has 0 amide bonds. The summed E-state index contributed by atoms with van der Waals surface area (Å²) in [4.78, 5) is 0. The van der Waals surface area contributed by atoms with Gasteiger partial charge in [-0.05, 0) is 33.6 Å². The van der Waals surface area contributed by atoms with E-state index in [0.29, 0.717) is 6.61 Å². The van der Waals surface area contributed by atoms with Gasteiger partial charge in [-0.2, -0.15) is 0 Å². The Morgan fingerprint density at radius 1 is 0.667 bits per heavy atom. The van der Waals surface area contributed by atoms with Crippen molar-refractivity contribution in [2.75, 3.05) is 13.2 Å². The predicted octanol–water partition coefficient (Wildman–Crippen LogP) is 4.69. The third-order valence-electron chi connectivity index (χ3n) is 3.09. The Morgan fingerprint density at radius 3 is 1.44 bits per heavy atom. The molecule has 0 aromatic rings. The minimum absolute atomic E-state index is 0.0224. The molecule has 0 spiro atoms. The van der Waals surface area contributed by atoms with E-state index >= 15 is 0 Å². The fourth-order valence-corrected chi connectivity index (χ4v) is 2.01. The van der Waals surface area contributed by atoms with E-state index in [-0.39, 0.29) is 5.60 Å². The molecule has 0 unspecified atom stereocenters. The summed E-state index contributed by atoms with van der Waals surface area (Å²) in [6.45, 7) is 7.61. The van der Waals surface area contributed by atoms with E-state index in [4.69, 9.17) is 9.84 Å². The van der Waals surface area contributed by atoms with Crippen molar-refractivity contribution in [3.05, 3.63) is 0 Å². The zero-order valence-electron chi connectivity index (χ0n) is 12.8. The molecule has 0 aliphatic rings. The molecule has 0 fully saturated rings. The maximum absolute atomic E-state index is 8.65. The van der Waals surface area contributed by atoms with Gasteiger partial charge in [-0.15, -0.1) is 0 Å². The van der Waals surface area contributed by atoms with Crippen molar-refractivity contribution < 1.29 is 9.84 Å². The van der Waals surface area contributed by atoms with Gasteiger partial charge in [0.05, 0.1) is 5.60 Å². The van der Waals surface area contributed by atoms with E-state index in [1.54, 1.807) is 0 Å².